The van der Waals surface area contributed by atoms with Gasteiger partial charge in [-0.2, -0.15) is 5.26 Å². The molecule has 0 saturated carbocycles. The molecular weight excluding hydrogens is 234 g/mol. The van der Waals surface area contributed by atoms with Crippen molar-refractivity contribution < 1.29 is 19.4 Å². The first-order chi connectivity index (χ1) is 8.34. The number of hydrogen-bond donors (Lipinski definition) is 1. The Kier molecular flexibility index (Phi) is 4.62. The van der Waals surface area contributed by atoms with Crippen LogP contribution in [0, 0.1) is 17.2 Å². The zero-order valence-electron chi connectivity index (χ0n) is 10.6. The second-order valence-electron chi connectivity index (χ2n) is 4.82. The molecule has 0 amide bonds. The summed E-state index contributed by atoms with van der Waals surface area (Å²) in [6.07, 6.45) is 2.77. The highest BCUT2D eigenvalue weighted by Crippen LogP contribution is 2.21. The molecule has 1 rings (SSSR count). The summed E-state index contributed by atoms with van der Waals surface area (Å²) in [6.45, 7) is 3.08. The zero-order valence-corrected chi connectivity index (χ0v) is 10.6. The standard InChI is InChI=1S/C13H17NO4/c1-9(5-6-13(2,17)8-14)12(16)18-11-4-3-10(15)7-11/h7,9,17H,3-6H2,1-2H3. The molecule has 0 spiro atoms. The number of nitrogens with zero attached hydrogens (tertiary/aromatic N) is 1. The fraction of sp³-hybridized carbons (Fsp3) is 0.615. The van der Waals surface area contributed by atoms with E-state index in [1.807, 2.05) is 0 Å². The van der Waals surface area contributed by atoms with Crippen LogP contribution in [0.25, 0.3) is 0 Å². The van der Waals surface area contributed by atoms with E-state index in [0.717, 1.165) is 0 Å². The Balaban J connectivity index is 2.41. The predicted molar refractivity (Wildman–Crippen MR) is 63.1 cm³/mol. The molecule has 0 bridgehead atoms. The molecule has 0 radical (unpaired) electrons. The van der Waals surface area contributed by atoms with Crippen molar-refractivity contribution in [3.63, 3.8) is 0 Å². The van der Waals surface area contributed by atoms with Gasteiger partial charge >= 0.3 is 5.97 Å². The van der Waals surface area contributed by atoms with Crippen LogP contribution in [0.2, 0.25) is 0 Å². The fourth-order valence-electron chi connectivity index (χ4n) is 1.55. The Morgan fingerprint density at radius 3 is 2.83 bits per heavy atom. The first kappa shape index (κ1) is 14.4. The smallest absolute Gasteiger partial charge is 0.313 e. The number of ketones is 1. The van der Waals surface area contributed by atoms with E-state index in [1.54, 1.807) is 13.0 Å². The number of hydrogen-bond acceptors (Lipinski definition) is 5. The number of ether oxygens (including phenoxy) is 1. The van der Waals surface area contributed by atoms with Gasteiger partial charge in [-0.1, -0.05) is 6.92 Å². The summed E-state index contributed by atoms with van der Waals surface area (Å²) in [5.41, 5.74) is -1.42. The highest BCUT2D eigenvalue weighted by Gasteiger charge is 2.25. The minimum absolute atomic E-state index is 0.0298. The summed E-state index contributed by atoms with van der Waals surface area (Å²) in [4.78, 5) is 22.6. The molecule has 2 unspecified atom stereocenters. The van der Waals surface area contributed by atoms with Gasteiger partial charge in [0.05, 0.1) is 12.0 Å². The molecule has 18 heavy (non-hydrogen) atoms. The van der Waals surface area contributed by atoms with Gasteiger partial charge in [-0.25, -0.2) is 0 Å². The molecule has 2 atom stereocenters. The first-order valence-corrected chi connectivity index (χ1v) is 5.93. The lowest BCUT2D eigenvalue weighted by molar-refractivity contribution is -0.144. The van der Waals surface area contributed by atoms with Crippen LogP contribution >= 0.6 is 0 Å². The Morgan fingerprint density at radius 2 is 2.33 bits per heavy atom. The molecule has 98 valence electrons. The van der Waals surface area contributed by atoms with Crippen LogP contribution in [-0.2, 0) is 14.3 Å². The van der Waals surface area contributed by atoms with Crippen molar-refractivity contribution in [3.8, 4) is 6.07 Å². The van der Waals surface area contributed by atoms with Crippen LogP contribution in [0.1, 0.15) is 39.5 Å². The van der Waals surface area contributed by atoms with Crippen molar-refractivity contribution in [3.05, 3.63) is 11.8 Å². The summed E-state index contributed by atoms with van der Waals surface area (Å²) in [7, 11) is 0. The lowest BCUT2D eigenvalue weighted by Gasteiger charge is -2.16. The number of aliphatic hydroxyl groups is 1. The van der Waals surface area contributed by atoms with Gasteiger partial charge in [-0.3, -0.25) is 9.59 Å². The molecule has 1 aliphatic carbocycles. The van der Waals surface area contributed by atoms with Crippen LogP contribution in [-0.4, -0.2) is 22.5 Å². The second kappa shape index (κ2) is 5.78. The molecule has 0 saturated heterocycles. The third kappa shape index (κ3) is 4.30. The van der Waals surface area contributed by atoms with Crippen LogP contribution in [0.4, 0.5) is 0 Å². The third-order valence-corrected chi connectivity index (χ3v) is 2.88. The van der Waals surface area contributed by atoms with Crippen molar-refractivity contribution >= 4 is 11.8 Å². The highest BCUT2D eigenvalue weighted by molar-refractivity contribution is 5.93. The highest BCUT2D eigenvalue weighted by atomic mass is 16.5. The van der Waals surface area contributed by atoms with E-state index in [1.165, 1.54) is 13.0 Å². The van der Waals surface area contributed by atoms with Crippen molar-refractivity contribution in [2.24, 2.45) is 5.92 Å². The molecule has 5 heteroatoms. The number of esters is 1. The Labute approximate surface area is 106 Å². The summed E-state index contributed by atoms with van der Waals surface area (Å²) < 4.78 is 5.08. The van der Waals surface area contributed by atoms with E-state index < -0.39 is 17.5 Å². The van der Waals surface area contributed by atoms with Gasteiger partial charge in [-0.15, -0.1) is 0 Å². The van der Waals surface area contributed by atoms with Gasteiger partial charge < -0.3 is 9.84 Å². The van der Waals surface area contributed by atoms with Gasteiger partial charge in [0.2, 0.25) is 0 Å². The monoisotopic (exact) mass is 251 g/mol. The number of carbonyl (C=O) groups is 2. The maximum atomic E-state index is 11.7. The summed E-state index contributed by atoms with van der Waals surface area (Å²) in [6, 6.07) is 1.76. The first-order valence-electron chi connectivity index (χ1n) is 5.93. The van der Waals surface area contributed by atoms with Gasteiger partial charge in [0.1, 0.15) is 11.4 Å². The minimum Gasteiger partial charge on any atom is -0.431 e. The van der Waals surface area contributed by atoms with Crippen LogP contribution < -0.4 is 0 Å². The average Bonchev–Trinajstić information content (AvgIpc) is 2.71. The predicted octanol–water partition coefficient (Wildman–Crippen LogP) is 1.47. The molecule has 0 aromatic carbocycles. The van der Waals surface area contributed by atoms with E-state index in [9.17, 15) is 14.7 Å². The summed E-state index contributed by atoms with van der Waals surface area (Å²) in [5, 5.41) is 18.1. The second-order valence-corrected chi connectivity index (χ2v) is 4.82. The molecule has 0 heterocycles. The number of carbonyl (C=O) groups excluding carboxylic acids is 2. The van der Waals surface area contributed by atoms with E-state index in [4.69, 9.17) is 10.00 Å². The maximum Gasteiger partial charge on any atom is 0.313 e. The van der Waals surface area contributed by atoms with Crippen molar-refractivity contribution in [1.29, 1.82) is 5.26 Å². The molecule has 0 aliphatic heterocycles. The van der Waals surface area contributed by atoms with Gasteiger partial charge in [0.25, 0.3) is 0 Å². The van der Waals surface area contributed by atoms with E-state index in [0.29, 0.717) is 25.0 Å². The number of allylic oxidation sites excluding steroid dienone is 2. The van der Waals surface area contributed by atoms with Gasteiger partial charge in [0.15, 0.2) is 5.78 Å². The molecular formula is C13H17NO4. The van der Waals surface area contributed by atoms with E-state index >= 15 is 0 Å². The number of nitriles is 1. The fourth-order valence-corrected chi connectivity index (χ4v) is 1.55. The van der Waals surface area contributed by atoms with Crippen LogP contribution in [0.5, 0.6) is 0 Å². The van der Waals surface area contributed by atoms with Crippen LogP contribution in [0.3, 0.4) is 0 Å². The molecule has 0 aromatic rings. The maximum absolute atomic E-state index is 11.7. The van der Waals surface area contributed by atoms with E-state index in [2.05, 4.69) is 0 Å². The summed E-state index contributed by atoms with van der Waals surface area (Å²) >= 11 is 0. The molecule has 0 aromatic heterocycles. The Hall–Kier alpha value is -1.67. The lowest BCUT2D eigenvalue weighted by Crippen LogP contribution is -2.24. The van der Waals surface area contributed by atoms with Crippen molar-refractivity contribution in [2.75, 3.05) is 0 Å². The number of rotatable bonds is 5. The molecule has 1 N–H and O–H groups in total. The van der Waals surface area contributed by atoms with Crippen molar-refractivity contribution in [2.45, 2.75) is 45.1 Å². The average molecular weight is 251 g/mol. The van der Waals surface area contributed by atoms with E-state index in [-0.39, 0.29) is 12.2 Å². The normalized spacial score (nSPS) is 19.7. The largest absolute Gasteiger partial charge is 0.431 e. The van der Waals surface area contributed by atoms with Crippen LogP contribution in [0.15, 0.2) is 11.8 Å². The van der Waals surface area contributed by atoms with Crippen molar-refractivity contribution in [1.82, 2.24) is 0 Å². The minimum atomic E-state index is -1.42. The van der Waals surface area contributed by atoms with Gasteiger partial charge in [0, 0.05) is 18.9 Å². The van der Waals surface area contributed by atoms with Gasteiger partial charge in [-0.05, 0) is 19.8 Å². The quantitative estimate of drug-likeness (QED) is 0.590. The molecule has 0 fully saturated rings. The lowest BCUT2D eigenvalue weighted by atomic mass is 9.96. The third-order valence-electron chi connectivity index (χ3n) is 2.88. The summed E-state index contributed by atoms with van der Waals surface area (Å²) in [5.74, 6) is -0.465. The Morgan fingerprint density at radius 1 is 1.67 bits per heavy atom. The zero-order chi connectivity index (χ0) is 13.8. The SMILES string of the molecule is CC(CCC(C)(O)C#N)C(=O)OC1=CC(=O)CC1. The molecule has 1 aliphatic rings. The molecule has 5 nitrogen and oxygen atoms in total. The topological polar surface area (TPSA) is 87.4 Å². The Bertz CT molecular complexity index is 417.